The van der Waals surface area contributed by atoms with Crippen molar-refractivity contribution in [2.45, 2.75) is 12.8 Å². The van der Waals surface area contributed by atoms with E-state index in [0.29, 0.717) is 11.8 Å². The summed E-state index contributed by atoms with van der Waals surface area (Å²) < 4.78 is 0. The van der Waals surface area contributed by atoms with E-state index in [2.05, 4.69) is 22.7 Å². The van der Waals surface area contributed by atoms with Crippen molar-refractivity contribution >= 4 is 11.6 Å². The number of hydrazone groups is 1. The molecule has 2 unspecified atom stereocenters. The van der Waals surface area contributed by atoms with Crippen molar-refractivity contribution in [3.63, 3.8) is 0 Å². The van der Waals surface area contributed by atoms with Gasteiger partial charge in [0.15, 0.2) is 0 Å². The van der Waals surface area contributed by atoms with E-state index in [4.69, 9.17) is 5.11 Å². The van der Waals surface area contributed by atoms with E-state index in [9.17, 15) is 4.79 Å². The van der Waals surface area contributed by atoms with Crippen LogP contribution in [-0.4, -0.2) is 23.3 Å². The molecule has 13 heavy (non-hydrogen) atoms. The molecule has 0 aromatic rings. The minimum atomic E-state index is -0.497. The van der Waals surface area contributed by atoms with Gasteiger partial charge in [0.25, 0.3) is 5.91 Å². The van der Waals surface area contributed by atoms with E-state index in [1.807, 2.05) is 0 Å². The zero-order chi connectivity index (χ0) is 9.26. The maximum absolute atomic E-state index is 10.7. The van der Waals surface area contributed by atoms with Crippen LogP contribution in [0, 0.1) is 11.8 Å². The van der Waals surface area contributed by atoms with Crippen molar-refractivity contribution < 1.29 is 9.90 Å². The second kappa shape index (κ2) is 3.30. The van der Waals surface area contributed by atoms with Gasteiger partial charge in [-0.15, -0.1) is 0 Å². The van der Waals surface area contributed by atoms with E-state index < -0.39 is 12.5 Å². The normalized spacial score (nSPS) is 32.8. The zero-order valence-electron chi connectivity index (χ0n) is 7.23. The third-order valence-electron chi connectivity index (χ3n) is 2.63. The fourth-order valence-corrected chi connectivity index (χ4v) is 1.83. The number of rotatable bonds is 2. The molecule has 0 aromatic carbocycles. The Kier molecular flexibility index (Phi) is 2.14. The molecule has 2 aliphatic carbocycles. The minimum absolute atomic E-state index is 0.443. The van der Waals surface area contributed by atoms with Gasteiger partial charge in [0.2, 0.25) is 0 Å². The molecule has 2 aliphatic rings. The summed E-state index contributed by atoms with van der Waals surface area (Å²) in [5.74, 6) is 0.714. The summed E-state index contributed by atoms with van der Waals surface area (Å²) in [5, 5.41) is 12.4. The number of nitrogens with one attached hydrogen (secondary N) is 1. The van der Waals surface area contributed by atoms with Gasteiger partial charge in [0.05, 0.1) is 0 Å². The maximum Gasteiger partial charge on any atom is 0.265 e. The number of aliphatic hydroxyl groups excluding tert-OH is 1. The predicted molar refractivity (Wildman–Crippen MR) is 48.0 cm³/mol. The molecule has 1 amide bonds. The van der Waals surface area contributed by atoms with E-state index in [1.54, 1.807) is 0 Å². The Morgan fingerprint density at radius 1 is 1.77 bits per heavy atom. The molecule has 0 bridgehead atoms. The third kappa shape index (κ3) is 1.49. The lowest BCUT2D eigenvalue weighted by atomic mass is 9.74. The highest BCUT2D eigenvalue weighted by Gasteiger charge is 2.37. The van der Waals surface area contributed by atoms with Crippen LogP contribution in [0.25, 0.3) is 0 Å². The molecule has 1 fully saturated rings. The van der Waals surface area contributed by atoms with Crippen LogP contribution in [0.3, 0.4) is 0 Å². The van der Waals surface area contributed by atoms with Gasteiger partial charge in [0.1, 0.15) is 6.61 Å². The smallest absolute Gasteiger partial charge is 0.265 e. The number of hydrogen-bond acceptors (Lipinski definition) is 3. The SMILES string of the molecule is O=C(CO)N/N=C1/CC2C=CCC12. The van der Waals surface area contributed by atoms with Crippen LogP contribution < -0.4 is 5.43 Å². The highest BCUT2D eigenvalue weighted by atomic mass is 16.3. The van der Waals surface area contributed by atoms with Gasteiger partial charge in [-0.2, -0.15) is 5.10 Å². The van der Waals surface area contributed by atoms with Crippen molar-refractivity contribution in [1.82, 2.24) is 5.43 Å². The molecule has 0 spiro atoms. The number of carbonyl (C=O) groups is 1. The number of amides is 1. The topological polar surface area (TPSA) is 61.7 Å². The standard InChI is InChI=1S/C9H12N2O2/c12-5-9(13)11-10-8-4-6-2-1-3-7(6)8/h1-2,6-7,12H,3-5H2,(H,11,13)/b10-8-. The van der Waals surface area contributed by atoms with Crippen molar-refractivity contribution in [1.29, 1.82) is 0 Å². The van der Waals surface area contributed by atoms with Crippen LogP contribution in [0.4, 0.5) is 0 Å². The molecule has 1 saturated carbocycles. The second-order valence-corrected chi connectivity index (χ2v) is 3.43. The number of fused-ring (bicyclic) bond motifs is 1. The van der Waals surface area contributed by atoms with Gasteiger partial charge in [-0.1, -0.05) is 12.2 Å². The van der Waals surface area contributed by atoms with Crippen molar-refractivity contribution in [3.8, 4) is 0 Å². The van der Waals surface area contributed by atoms with E-state index in [0.717, 1.165) is 18.6 Å². The molecule has 0 heterocycles. The summed E-state index contributed by atoms with van der Waals surface area (Å²) >= 11 is 0. The highest BCUT2D eigenvalue weighted by molar-refractivity contribution is 5.94. The molecule has 0 saturated heterocycles. The first-order valence-corrected chi connectivity index (χ1v) is 4.44. The molecule has 70 valence electrons. The first-order valence-electron chi connectivity index (χ1n) is 4.44. The van der Waals surface area contributed by atoms with Gasteiger partial charge in [0, 0.05) is 11.6 Å². The first-order chi connectivity index (χ1) is 6.31. The fraction of sp³-hybridized carbons (Fsp3) is 0.556. The summed E-state index contributed by atoms with van der Waals surface area (Å²) in [6.07, 6.45) is 6.36. The maximum atomic E-state index is 10.7. The lowest BCUT2D eigenvalue weighted by Crippen LogP contribution is -2.36. The summed E-state index contributed by atoms with van der Waals surface area (Å²) in [7, 11) is 0. The first kappa shape index (κ1) is 8.44. The molecule has 4 nitrogen and oxygen atoms in total. The monoisotopic (exact) mass is 180 g/mol. The van der Waals surface area contributed by atoms with Crippen LogP contribution in [0.15, 0.2) is 17.3 Å². The molecule has 2 N–H and O–H groups in total. The average Bonchev–Trinajstić information content (AvgIpc) is 2.47. The van der Waals surface area contributed by atoms with Crippen LogP contribution >= 0.6 is 0 Å². The molecule has 0 aliphatic heterocycles. The molecular weight excluding hydrogens is 168 g/mol. The molecule has 2 rings (SSSR count). The van der Waals surface area contributed by atoms with Crippen molar-refractivity contribution in [2.24, 2.45) is 16.9 Å². The second-order valence-electron chi connectivity index (χ2n) is 3.43. The Hall–Kier alpha value is -1.16. The van der Waals surface area contributed by atoms with Crippen LogP contribution in [0.2, 0.25) is 0 Å². The van der Waals surface area contributed by atoms with Gasteiger partial charge in [-0.25, -0.2) is 5.43 Å². The molecule has 4 heteroatoms. The van der Waals surface area contributed by atoms with E-state index in [-0.39, 0.29) is 0 Å². The number of carbonyl (C=O) groups excluding carboxylic acids is 1. The van der Waals surface area contributed by atoms with Crippen LogP contribution in [0.5, 0.6) is 0 Å². The summed E-state index contributed by atoms with van der Waals surface area (Å²) in [6.45, 7) is -0.497. The highest BCUT2D eigenvalue weighted by Crippen LogP contribution is 2.39. The fourth-order valence-electron chi connectivity index (χ4n) is 1.83. The van der Waals surface area contributed by atoms with Gasteiger partial charge < -0.3 is 5.11 Å². The summed E-state index contributed by atoms with van der Waals surface area (Å²) in [5.41, 5.74) is 3.37. The van der Waals surface area contributed by atoms with Crippen molar-refractivity contribution in [2.75, 3.05) is 6.61 Å². The molecule has 0 radical (unpaired) electrons. The van der Waals surface area contributed by atoms with E-state index in [1.165, 1.54) is 0 Å². The van der Waals surface area contributed by atoms with Gasteiger partial charge >= 0.3 is 0 Å². The number of hydrogen-bond donors (Lipinski definition) is 2. The zero-order valence-corrected chi connectivity index (χ0v) is 7.23. The van der Waals surface area contributed by atoms with E-state index >= 15 is 0 Å². The average molecular weight is 180 g/mol. The number of nitrogens with zero attached hydrogens (tertiary/aromatic N) is 1. The largest absolute Gasteiger partial charge is 0.386 e. The summed E-state index contributed by atoms with van der Waals surface area (Å²) in [6, 6.07) is 0. The predicted octanol–water partition coefficient (Wildman–Crippen LogP) is 0.0469. The third-order valence-corrected chi connectivity index (χ3v) is 2.63. The Balaban J connectivity index is 1.86. The van der Waals surface area contributed by atoms with Crippen molar-refractivity contribution in [3.05, 3.63) is 12.2 Å². The summed E-state index contributed by atoms with van der Waals surface area (Å²) in [4.78, 5) is 10.7. The van der Waals surface area contributed by atoms with Crippen LogP contribution in [-0.2, 0) is 4.79 Å². The quantitative estimate of drug-likeness (QED) is 0.466. The Bertz CT molecular complexity index is 283. The van der Waals surface area contributed by atoms with Gasteiger partial charge in [-0.05, 0) is 18.8 Å². The Morgan fingerprint density at radius 3 is 3.31 bits per heavy atom. The minimum Gasteiger partial charge on any atom is -0.386 e. The molecule has 2 atom stereocenters. The number of allylic oxidation sites excluding steroid dienone is 2. The molecule has 0 aromatic heterocycles. The molecular formula is C9H12N2O2. The Labute approximate surface area is 76.3 Å². The van der Waals surface area contributed by atoms with Crippen LogP contribution in [0.1, 0.15) is 12.8 Å². The van der Waals surface area contributed by atoms with Gasteiger partial charge in [-0.3, -0.25) is 4.79 Å². The lowest BCUT2D eigenvalue weighted by Gasteiger charge is -2.31. The lowest BCUT2D eigenvalue weighted by molar-refractivity contribution is -0.123. The number of aliphatic hydroxyl groups is 1. The Morgan fingerprint density at radius 2 is 2.62 bits per heavy atom.